The topological polar surface area (TPSA) is 96.0 Å². The maximum Gasteiger partial charge on any atom is 0.183 e. The number of hydrogen-bond acceptors (Lipinski definition) is 5. The Hall–Kier alpha value is -2.98. The van der Waals surface area contributed by atoms with Gasteiger partial charge in [-0.3, -0.25) is 0 Å². The van der Waals surface area contributed by atoms with Crippen LogP contribution in [0, 0.1) is 11.3 Å². The van der Waals surface area contributed by atoms with Crippen LogP contribution < -0.4 is 11.1 Å². The largest absolute Gasteiger partial charge is 0.328 e. The lowest BCUT2D eigenvalue weighted by Gasteiger charge is -2.27. The molecule has 0 heterocycles. The van der Waals surface area contributed by atoms with Crippen LogP contribution in [0.25, 0.3) is 11.1 Å². The van der Waals surface area contributed by atoms with Gasteiger partial charge in [-0.15, -0.1) is 0 Å². The zero-order valence-corrected chi connectivity index (χ0v) is 20.5. The van der Waals surface area contributed by atoms with Crippen molar-refractivity contribution in [1.29, 1.82) is 5.26 Å². The molecule has 5 nitrogen and oxygen atoms in total. The number of nitrogens with two attached hydrogens (primary N) is 1. The van der Waals surface area contributed by atoms with Crippen molar-refractivity contribution in [2.45, 2.75) is 66.8 Å². The lowest BCUT2D eigenvalue weighted by Crippen LogP contribution is -2.38. The minimum atomic E-state index is -3.62. The van der Waals surface area contributed by atoms with E-state index in [4.69, 9.17) is 5.73 Å². The van der Waals surface area contributed by atoms with E-state index in [2.05, 4.69) is 29.6 Å². The van der Waals surface area contributed by atoms with Crippen LogP contribution in [-0.2, 0) is 15.6 Å². The summed E-state index contributed by atoms with van der Waals surface area (Å²) >= 11 is 0. The van der Waals surface area contributed by atoms with Gasteiger partial charge >= 0.3 is 0 Å². The summed E-state index contributed by atoms with van der Waals surface area (Å²) < 4.78 is 26.0. The first kappa shape index (κ1) is 23.7. The molecule has 0 bridgehead atoms. The van der Waals surface area contributed by atoms with Crippen LogP contribution in [0.3, 0.4) is 0 Å². The Morgan fingerprint density at radius 3 is 2.40 bits per heavy atom. The summed E-state index contributed by atoms with van der Waals surface area (Å²) in [7, 11) is -3.62. The highest BCUT2D eigenvalue weighted by Crippen LogP contribution is 2.42. The molecule has 2 fully saturated rings. The molecule has 3 aromatic rings. The Morgan fingerprint density at radius 1 is 0.914 bits per heavy atom. The third kappa shape index (κ3) is 5.48. The number of benzene rings is 3. The minimum Gasteiger partial charge on any atom is -0.328 e. The Morgan fingerprint density at radius 2 is 1.66 bits per heavy atom. The molecule has 3 N–H and O–H groups in total. The standard InChI is InChI=1S/C29H31N3O2S/c30-18-24-5-1-2-7-29(24)35(33,34)19-20-4-3-6-23(16-20)21-8-10-22(11-9-21)27-17-28(27)32-26-14-12-25(31)13-15-26/h1-11,16,25-28,32H,12-15,17,19,31H2/t25?,26?,27-,28+/m1/s1. The molecule has 180 valence electrons. The van der Waals surface area contributed by atoms with Crippen molar-refractivity contribution in [3.05, 3.63) is 89.5 Å². The summed E-state index contributed by atoms with van der Waals surface area (Å²) in [5.41, 5.74) is 10.3. The molecule has 2 saturated carbocycles. The predicted molar refractivity (Wildman–Crippen MR) is 138 cm³/mol. The van der Waals surface area contributed by atoms with E-state index in [1.165, 1.54) is 37.0 Å². The van der Waals surface area contributed by atoms with Crippen molar-refractivity contribution in [1.82, 2.24) is 5.32 Å². The van der Waals surface area contributed by atoms with E-state index in [1.54, 1.807) is 12.1 Å². The zero-order valence-electron chi connectivity index (χ0n) is 19.7. The van der Waals surface area contributed by atoms with Gasteiger partial charge < -0.3 is 11.1 Å². The molecule has 0 aliphatic heterocycles. The van der Waals surface area contributed by atoms with Crippen molar-refractivity contribution in [3.63, 3.8) is 0 Å². The molecule has 0 radical (unpaired) electrons. The van der Waals surface area contributed by atoms with Crippen LogP contribution in [0.4, 0.5) is 0 Å². The summed E-state index contributed by atoms with van der Waals surface area (Å²) in [4.78, 5) is 0.0842. The van der Waals surface area contributed by atoms with Crippen LogP contribution in [-0.4, -0.2) is 26.5 Å². The van der Waals surface area contributed by atoms with Gasteiger partial charge in [-0.25, -0.2) is 8.42 Å². The van der Waals surface area contributed by atoms with Gasteiger partial charge in [0.15, 0.2) is 9.84 Å². The molecule has 3 aromatic carbocycles. The molecule has 35 heavy (non-hydrogen) atoms. The van der Waals surface area contributed by atoms with Crippen LogP contribution >= 0.6 is 0 Å². The third-order valence-electron chi connectivity index (χ3n) is 7.31. The number of hydrogen-bond donors (Lipinski definition) is 2. The van der Waals surface area contributed by atoms with Gasteiger partial charge in [0, 0.05) is 24.0 Å². The van der Waals surface area contributed by atoms with Gasteiger partial charge in [-0.1, -0.05) is 60.7 Å². The fourth-order valence-electron chi connectivity index (χ4n) is 5.23. The number of nitrogens with zero attached hydrogens (tertiary/aromatic N) is 1. The van der Waals surface area contributed by atoms with Gasteiger partial charge in [-0.2, -0.15) is 5.26 Å². The van der Waals surface area contributed by atoms with Gasteiger partial charge in [-0.05, 0) is 66.5 Å². The molecule has 0 amide bonds. The van der Waals surface area contributed by atoms with Crippen molar-refractivity contribution in [2.24, 2.45) is 5.73 Å². The fraction of sp³-hybridized carbons (Fsp3) is 0.345. The average Bonchev–Trinajstić information content (AvgIpc) is 3.64. The Bertz CT molecular complexity index is 1340. The van der Waals surface area contributed by atoms with E-state index in [0.29, 0.717) is 29.6 Å². The number of rotatable bonds is 7. The predicted octanol–water partition coefficient (Wildman–Crippen LogP) is 4.91. The number of nitrogens with one attached hydrogen (secondary N) is 1. The lowest BCUT2D eigenvalue weighted by atomic mass is 9.92. The maximum atomic E-state index is 13.0. The molecule has 2 atom stereocenters. The van der Waals surface area contributed by atoms with Crippen molar-refractivity contribution >= 4 is 9.84 Å². The van der Waals surface area contributed by atoms with Gasteiger partial charge in [0.25, 0.3) is 0 Å². The van der Waals surface area contributed by atoms with Crippen LogP contribution in [0.5, 0.6) is 0 Å². The van der Waals surface area contributed by atoms with Crippen molar-refractivity contribution in [2.75, 3.05) is 0 Å². The summed E-state index contributed by atoms with van der Waals surface area (Å²) in [6.07, 6.45) is 5.78. The highest BCUT2D eigenvalue weighted by molar-refractivity contribution is 7.90. The number of nitriles is 1. The first-order valence-electron chi connectivity index (χ1n) is 12.4. The van der Waals surface area contributed by atoms with Gasteiger partial charge in [0.05, 0.1) is 16.2 Å². The summed E-state index contributed by atoms with van der Waals surface area (Å²) in [5, 5.41) is 13.1. The second kappa shape index (κ2) is 9.94. The quantitative estimate of drug-likeness (QED) is 0.495. The van der Waals surface area contributed by atoms with E-state index in [0.717, 1.165) is 24.0 Å². The van der Waals surface area contributed by atoms with Crippen LogP contribution in [0.2, 0.25) is 0 Å². The third-order valence-corrected chi connectivity index (χ3v) is 9.05. The maximum absolute atomic E-state index is 13.0. The molecular formula is C29H31N3O2S. The molecule has 0 saturated heterocycles. The smallest absolute Gasteiger partial charge is 0.183 e. The van der Waals surface area contributed by atoms with E-state index in [-0.39, 0.29) is 16.2 Å². The summed E-state index contributed by atoms with van der Waals surface area (Å²) in [6, 6.07) is 26.2. The summed E-state index contributed by atoms with van der Waals surface area (Å²) in [5.74, 6) is 0.426. The highest BCUT2D eigenvalue weighted by atomic mass is 32.2. The lowest BCUT2D eigenvalue weighted by molar-refractivity contribution is 0.339. The normalized spacial score (nSPS) is 24.0. The molecule has 5 rings (SSSR count). The Kier molecular flexibility index (Phi) is 6.75. The van der Waals surface area contributed by atoms with E-state index in [1.807, 2.05) is 30.3 Å². The molecule has 2 aliphatic carbocycles. The second-order valence-electron chi connectivity index (χ2n) is 9.92. The van der Waals surface area contributed by atoms with Crippen molar-refractivity contribution in [3.8, 4) is 17.2 Å². The molecule has 6 heteroatoms. The van der Waals surface area contributed by atoms with Crippen LogP contribution in [0.1, 0.15) is 54.7 Å². The van der Waals surface area contributed by atoms with E-state index in [9.17, 15) is 13.7 Å². The molecule has 0 unspecified atom stereocenters. The van der Waals surface area contributed by atoms with E-state index < -0.39 is 9.84 Å². The highest BCUT2D eigenvalue weighted by Gasteiger charge is 2.39. The van der Waals surface area contributed by atoms with E-state index >= 15 is 0 Å². The van der Waals surface area contributed by atoms with Crippen LogP contribution in [0.15, 0.2) is 77.7 Å². The molecule has 0 spiro atoms. The van der Waals surface area contributed by atoms with Gasteiger partial charge in [0.2, 0.25) is 0 Å². The first-order chi connectivity index (χ1) is 16.9. The zero-order chi connectivity index (χ0) is 24.4. The average molecular weight is 486 g/mol. The summed E-state index contributed by atoms with van der Waals surface area (Å²) in [6.45, 7) is 0. The first-order valence-corrected chi connectivity index (χ1v) is 14.0. The Labute approximate surface area is 207 Å². The molecule has 0 aromatic heterocycles. The monoisotopic (exact) mass is 485 g/mol. The van der Waals surface area contributed by atoms with Crippen molar-refractivity contribution < 1.29 is 8.42 Å². The fourth-order valence-corrected chi connectivity index (χ4v) is 6.74. The van der Waals surface area contributed by atoms with Gasteiger partial charge in [0.1, 0.15) is 6.07 Å². The molecular weight excluding hydrogens is 454 g/mol. The number of sulfone groups is 1. The SMILES string of the molecule is N#Cc1ccccc1S(=O)(=O)Cc1cccc(-c2ccc([C@H]3C[C@@H]3NC3CCC(N)CC3)cc2)c1. The second-order valence-corrected chi connectivity index (χ2v) is 11.9. The Balaban J connectivity index is 1.25. The minimum absolute atomic E-state index is 0.0842. The molecule has 2 aliphatic rings.